The van der Waals surface area contributed by atoms with E-state index in [1.807, 2.05) is 49.4 Å². The molecule has 0 spiro atoms. The van der Waals surface area contributed by atoms with Gasteiger partial charge in [0.05, 0.1) is 11.0 Å². The van der Waals surface area contributed by atoms with E-state index in [2.05, 4.69) is 0 Å². The van der Waals surface area contributed by atoms with Crippen molar-refractivity contribution in [2.45, 2.75) is 24.3 Å². The molecular formula is C18H21NO3S. The number of ether oxygens (including phenoxy) is 1. The van der Waals surface area contributed by atoms with Crippen molar-refractivity contribution in [3.8, 4) is 0 Å². The molecule has 5 heteroatoms. The lowest BCUT2D eigenvalue weighted by molar-refractivity contribution is 0.0613. The predicted octanol–water partition coefficient (Wildman–Crippen LogP) is 3.15. The fourth-order valence-electron chi connectivity index (χ4n) is 2.74. The standard InChI is InChI=1S/C18H21NO3S/c1-15-8-10-17(11-9-15)23(20,21)19-12-5-13-22-18(14-19)16-6-3-2-4-7-16/h2-4,6-11,18H,5,12-14H2,1H3/t18-/m1/s1. The van der Waals surface area contributed by atoms with Gasteiger partial charge in [-0.25, -0.2) is 8.42 Å². The Kier molecular flexibility index (Phi) is 4.80. The second-order valence-corrected chi connectivity index (χ2v) is 7.74. The molecule has 0 radical (unpaired) electrons. The molecule has 0 aliphatic carbocycles. The predicted molar refractivity (Wildman–Crippen MR) is 89.7 cm³/mol. The summed E-state index contributed by atoms with van der Waals surface area (Å²) in [7, 11) is -3.49. The van der Waals surface area contributed by atoms with Crippen LogP contribution in [0.15, 0.2) is 59.5 Å². The maximum absolute atomic E-state index is 12.9. The molecule has 1 aliphatic rings. The Hall–Kier alpha value is -1.69. The molecule has 0 bridgehead atoms. The van der Waals surface area contributed by atoms with Crippen LogP contribution in [-0.4, -0.2) is 32.4 Å². The Labute approximate surface area is 137 Å². The van der Waals surface area contributed by atoms with Crippen LogP contribution in [0.4, 0.5) is 0 Å². The van der Waals surface area contributed by atoms with Gasteiger partial charge in [-0.2, -0.15) is 4.31 Å². The minimum absolute atomic E-state index is 0.223. The van der Waals surface area contributed by atoms with E-state index in [1.54, 1.807) is 16.4 Å². The van der Waals surface area contributed by atoms with Crippen LogP contribution in [0.5, 0.6) is 0 Å². The first-order chi connectivity index (χ1) is 11.1. The van der Waals surface area contributed by atoms with E-state index in [-0.39, 0.29) is 6.10 Å². The summed E-state index contributed by atoms with van der Waals surface area (Å²) < 4.78 is 33.2. The van der Waals surface area contributed by atoms with Crippen molar-refractivity contribution in [3.05, 3.63) is 65.7 Å². The monoisotopic (exact) mass is 331 g/mol. The highest BCUT2D eigenvalue weighted by Gasteiger charge is 2.29. The zero-order chi connectivity index (χ0) is 16.3. The fraction of sp³-hybridized carbons (Fsp3) is 0.333. The Balaban J connectivity index is 1.87. The third-order valence-corrected chi connectivity index (χ3v) is 5.95. The largest absolute Gasteiger partial charge is 0.372 e. The van der Waals surface area contributed by atoms with E-state index < -0.39 is 10.0 Å². The molecule has 1 aliphatic heterocycles. The summed E-state index contributed by atoms with van der Waals surface area (Å²) in [6.07, 6.45) is 0.480. The van der Waals surface area contributed by atoms with E-state index in [4.69, 9.17) is 4.74 Å². The van der Waals surface area contributed by atoms with Crippen LogP contribution < -0.4 is 0 Å². The Morgan fingerprint density at radius 2 is 1.74 bits per heavy atom. The number of benzene rings is 2. The Bertz CT molecular complexity index is 742. The number of aryl methyl sites for hydroxylation is 1. The molecule has 0 saturated carbocycles. The third-order valence-electron chi connectivity index (χ3n) is 4.07. The number of hydrogen-bond acceptors (Lipinski definition) is 3. The van der Waals surface area contributed by atoms with Crippen LogP contribution in [-0.2, 0) is 14.8 Å². The molecule has 0 amide bonds. The molecule has 2 aromatic carbocycles. The summed E-state index contributed by atoms with van der Waals surface area (Å²) in [5, 5.41) is 0. The number of hydrogen-bond donors (Lipinski definition) is 0. The summed E-state index contributed by atoms with van der Waals surface area (Å²) in [6.45, 7) is 3.35. The smallest absolute Gasteiger partial charge is 0.243 e. The van der Waals surface area contributed by atoms with Crippen LogP contribution in [0.2, 0.25) is 0 Å². The van der Waals surface area contributed by atoms with Crippen LogP contribution in [0, 0.1) is 6.92 Å². The molecule has 23 heavy (non-hydrogen) atoms. The first-order valence-electron chi connectivity index (χ1n) is 7.81. The minimum atomic E-state index is -3.49. The van der Waals surface area contributed by atoms with E-state index in [9.17, 15) is 8.42 Å². The van der Waals surface area contributed by atoms with Crippen molar-refractivity contribution in [3.63, 3.8) is 0 Å². The second kappa shape index (κ2) is 6.83. The van der Waals surface area contributed by atoms with Gasteiger partial charge in [0, 0.05) is 19.7 Å². The van der Waals surface area contributed by atoms with Crippen LogP contribution in [0.1, 0.15) is 23.7 Å². The van der Waals surface area contributed by atoms with E-state index in [1.165, 1.54) is 0 Å². The summed E-state index contributed by atoms with van der Waals surface area (Å²) >= 11 is 0. The highest BCUT2D eigenvalue weighted by atomic mass is 32.2. The molecule has 3 rings (SSSR count). The summed E-state index contributed by atoms with van der Waals surface area (Å²) in [6, 6.07) is 16.8. The van der Waals surface area contributed by atoms with Gasteiger partial charge in [0.25, 0.3) is 0 Å². The molecule has 0 aromatic heterocycles. The quantitative estimate of drug-likeness (QED) is 0.868. The zero-order valence-corrected chi connectivity index (χ0v) is 14.0. The van der Waals surface area contributed by atoms with Gasteiger partial charge < -0.3 is 4.74 Å². The fourth-order valence-corrected chi connectivity index (χ4v) is 4.22. The first-order valence-corrected chi connectivity index (χ1v) is 9.25. The molecule has 122 valence electrons. The molecule has 1 saturated heterocycles. The highest BCUT2D eigenvalue weighted by molar-refractivity contribution is 7.89. The molecule has 1 fully saturated rings. The molecule has 0 unspecified atom stereocenters. The highest BCUT2D eigenvalue weighted by Crippen LogP contribution is 2.26. The lowest BCUT2D eigenvalue weighted by Crippen LogP contribution is -2.34. The Morgan fingerprint density at radius 3 is 2.43 bits per heavy atom. The molecule has 0 N–H and O–H groups in total. The van der Waals surface area contributed by atoms with Crippen LogP contribution in [0.3, 0.4) is 0 Å². The van der Waals surface area contributed by atoms with Gasteiger partial charge in [-0.15, -0.1) is 0 Å². The molecule has 2 aromatic rings. The summed E-state index contributed by atoms with van der Waals surface area (Å²) in [4.78, 5) is 0.344. The molecular weight excluding hydrogens is 310 g/mol. The normalized spacial score (nSPS) is 20.1. The zero-order valence-electron chi connectivity index (χ0n) is 13.2. The van der Waals surface area contributed by atoms with Gasteiger partial charge in [-0.3, -0.25) is 0 Å². The van der Waals surface area contributed by atoms with Gasteiger partial charge in [0.2, 0.25) is 10.0 Å². The van der Waals surface area contributed by atoms with Crippen molar-refractivity contribution in [1.82, 2.24) is 4.31 Å². The molecule has 1 heterocycles. The van der Waals surface area contributed by atoms with E-state index >= 15 is 0 Å². The summed E-state index contributed by atoms with van der Waals surface area (Å²) in [5.41, 5.74) is 2.06. The number of rotatable bonds is 3. The van der Waals surface area contributed by atoms with Gasteiger partial charge in [-0.05, 0) is 31.0 Å². The van der Waals surface area contributed by atoms with Crippen molar-refractivity contribution in [1.29, 1.82) is 0 Å². The van der Waals surface area contributed by atoms with Gasteiger partial charge in [0.1, 0.15) is 0 Å². The van der Waals surface area contributed by atoms with Gasteiger partial charge in [0.15, 0.2) is 0 Å². The summed E-state index contributed by atoms with van der Waals surface area (Å²) in [5.74, 6) is 0. The number of nitrogens with zero attached hydrogens (tertiary/aromatic N) is 1. The average Bonchev–Trinajstić information content (AvgIpc) is 2.83. The second-order valence-electron chi connectivity index (χ2n) is 5.80. The first kappa shape index (κ1) is 16.2. The Morgan fingerprint density at radius 1 is 1.04 bits per heavy atom. The SMILES string of the molecule is Cc1ccc(S(=O)(=O)N2CCCO[C@@H](c3ccccc3)C2)cc1. The van der Waals surface area contributed by atoms with E-state index in [0.717, 1.165) is 11.1 Å². The third kappa shape index (κ3) is 3.63. The molecule has 4 nitrogen and oxygen atoms in total. The van der Waals surface area contributed by atoms with Crippen molar-refractivity contribution < 1.29 is 13.2 Å². The van der Waals surface area contributed by atoms with Crippen LogP contribution in [0.25, 0.3) is 0 Å². The van der Waals surface area contributed by atoms with Crippen molar-refractivity contribution >= 4 is 10.0 Å². The average molecular weight is 331 g/mol. The maximum atomic E-state index is 12.9. The molecule has 1 atom stereocenters. The van der Waals surface area contributed by atoms with Crippen LogP contribution >= 0.6 is 0 Å². The lowest BCUT2D eigenvalue weighted by atomic mass is 10.1. The topological polar surface area (TPSA) is 46.6 Å². The van der Waals surface area contributed by atoms with Crippen molar-refractivity contribution in [2.24, 2.45) is 0 Å². The maximum Gasteiger partial charge on any atom is 0.243 e. The van der Waals surface area contributed by atoms with E-state index in [0.29, 0.717) is 31.0 Å². The number of sulfonamides is 1. The van der Waals surface area contributed by atoms with Gasteiger partial charge >= 0.3 is 0 Å². The van der Waals surface area contributed by atoms with Gasteiger partial charge in [-0.1, -0.05) is 48.0 Å². The van der Waals surface area contributed by atoms with Crippen molar-refractivity contribution in [2.75, 3.05) is 19.7 Å². The minimum Gasteiger partial charge on any atom is -0.372 e. The lowest BCUT2D eigenvalue weighted by Gasteiger charge is -2.23.